The fourth-order valence-corrected chi connectivity index (χ4v) is 2.41. The first-order chi connectivity index (χ1) is 11.2. The molecule has 0 unspecified atom stereocenters. The van der Waals surface area contributed by atoms with Crippen LogP contribution >= 0.6 is 15.9 Å². The van der Waals surface area contributed by atoms with Crippen molar-refractivity contribution in [2.24, 2.45) is 4.99 Å². The van der Waals surface area contributed by atoms with Crippen molar-refractivity contribution in [2.75, 3.05) is 6.61 Å². The number of hydrogen-bond acceptors (Lipinski definition) is 4. The number of halogens is 1. The summed E-state index contributed by atoms with van der Waals surface area (Å²) in [5.74, 6) is 0.616. The van der Waals surface area contributed by atoms with Crippen molar-refractivity contribution in [1.82, 2.24) is 0 Å². The monoisotopic (exact) mass is 371 g/mol. The first-order valence-electron chi connectivity index (χ1n) is 7.17. The topological polar surface area (TPSA) is 47.9 Å². The molecule has 3 rings (SSSR count). The molecule has 0 spiro atoms. The summed E-state index contributed by atoms with van der Waals surface area (Å²) in [5, 5.41) is 0. The van der Waals surface area contributed by atoms with Crippen LogP contribution in [0.25, 0.3) is 6.08 Å². The number of aliphatic imine (C=N–C) groups is 1. The van der Waals surface area contributed by atoms with Crippen LogP contribution in [0.1, 0.15) is 18.1 Å². The molecule has 0 radical (unpaired) electrons. The maximum atomic E-state index is 12.0. The molecular formula is C18H14BrNO3. The molecule has 0 amide bonds. The Hall–Kier alpha value is -2.40. The number of benzene rings is 2. The molecule has 1 heterocycles. The lowest BCUT2D eigenvalue weighted by atomic mass is 10.2. The first-order valence-corrected chi connectivity index (χ1v) is 7.96. The molecule has 23 heavy (non-hydrogen) atoms. The van der Waals surface area contributed by atoms with E-state index in [1.807, 2.05) is 55.5 Å². The lowest BCUT2D eigenvalue weighted by molar-refractivity contribution is -0.129. The molecular weight excluding hydrogens is 358 g/mol. The molecule has 0 bridgehead atoms. The molecule has 0 aliphatic carbocycles. The molecule has 0 N–H and O–H groups in total. The minimum absolute atomic E-state index is 0.275. The van der Waals surface area contributed by atoms with Crippen molar-refractivity contribution in [1.29, 1.82) is 0 Å². The zero-order valence-corrected chi connectivity index (χ0v) is 14.0. The third kappa shape index (κ3) is 3.68. The van der Waals surface area contributed by atoms with Gasteiger partial charge in [0.2, 0.25) is 5.90 Å². The van der Waals surface area contributed by atoms with Crippen LogP contribution in [-0.2, 0) is 9.53 Å². The number of hydrogen-bond donors (Lipinski definition) is 0. The minimum atomic E-state index is -0.454. The van der Waals surface area contributed by atoms with Crippen LogP contribution in [0.3, 0.4) is 0 Å². The molecule has 2 aromatic rings. The maximum absolute atomic E-state index is 12.0. The Bertz CT molecular complexity index is 794. The Balaban J connectivity index is 1.88. The molecule has 116 valence electrons. The van der Waals surface area contributed by atoms with E-state index in [4.69, 9.17) is 9.47 Å². The smallest absolute Gasteiger partial charge is 0.363 e. The summed E-state index contributed by atoms with van der Waals surface area (Å²) < 4.78 is 11.7. The Morgan fingerprint density at radius 1 is 1.22 bits per heavy atom. The van der Waals surface area contributed by atoms with E-state index in [0.717, 1.165) is 21.3 Å². The summed E-state index contributed by atoms with van der Waals surface area (Å²) >= 11 is 3.37. The summed E-state index contributed by atoms with van der Waals surface area (Å²) in [6.07, 6.45) is 1.69. The van der Waals surface area contributed by atoms with Crippen LogP contribution in [0.5, 0.6) is 5.75 Å². The zero-order chi connectivity index (χ0) is 16.2. The third-order valence-corrected chi connectivity index (χ3v) is 3.71. The van der Waals surface area contributed by atoms with Gasteiger partial charge in [-0.3, -0.25) is 0 Å². The molecule has 0 saturated carbocycles. The van der Waals surface area contributed by atoms with E-state index in [1.165, 1.54) is 0 Å². The number of ether oxygens (including phenoxy) is 2. The van der Waals surface area contributed by atoms with Gasteiger partial charge in [-0.2, -0.15) is 0 Å². The van der Waals surface area contributed by atoms with E-state index in [1.54, 1.807) is 6.08 Å². The molecule has 0 fully saturated rings. The van der Waals surface area contributed by atoms with Crippen LogP contribution in [0.2, 0.25) is 0 Å². The molecule has 0 aromatic heterocycles. The van der Waals surface area contributed by atoms with Crippen molar-refractivity contribution < 1.29 is 14.3 Å². The van der Waals surface area contributed by atoms with Crippen molar-refractivity contribution in [3.05, 3.63) is 69.8 Å². The quantitative estimate of drug-likeness (QED) is 0.597. The highest BCUT2D eigenvalue weighted by molar-refractivity contribution is 9.10. The van der Waals surface area contributed by atoms with Crippen molar-refractivity contribution in [3.8, 4) is 5.75 Å². The number of nitrogens with zero attached hydrogens (tertiary/aromatic N) is 1. The van der Waals surface area contributed by atoms with E-state index in [-0.39, 0.29) is 5.70 Å². The van der Waals surface area contributed by atoms with Crippen LogP contribution in [0.15, 0.2) is 63.7 Å². The second kappa shape index (κ2) is 6.79. The van der Waals surface area contributed by atoms with Gasteiger partial charge >= 0.3 is 5.97 Å². The van der Waals surface area contributed by atoms with Gasteiger partial charge in [0.15, 0.2) is 5.70 Å². The second-order valence-corrected chi connectivity index (χ2v) is 5.76. The van der Waals surface area contributed by atoms with E-state index in [0.29, 0.717) is 12.5 Å². The van der Waals surface area contributed by atoms with Gasteiger partial charge in [0.1, 0.15) is 5.75 Å². The van der Waals surface area contributed by atoms with Gasteiger partial charge in [-0.1, -0.05) is 28.1 Å². The normalized spacial score (nSPS) is 15.5. The predicted octanol–water partition coefficient (Wildman–Crippen LogP) is 4.19. The van der Waals surface area contributed by atoms with Crippen LogP contribution < -0.4 is 4.74 Å². The first kappa shape index (κ1) is 15.5. The summed E-state index contributed by atoms with van der Waals surface area (Å²) in [4.78, 5) is 16.3. The third-order valence-electron chi connectivity index (χ3n) is 3.18. The fraction of sp³-hybridized carbons (Fsp3) is 0.111. The number of carbonyl (C=O) groups excluding carboxylic acids is 1. The predicted molar refractivity (Wildman–Crippen MR) is 92.4 cm³/mol. The number of rotatable bonds is 4. The van der Waals surface area contributed by atoms with Crippen molar-refractivity contribution in [2.45, 2.75) is 6.92 Å². The van der Waals surface area contributed by atoms with Gasteiger partial charge in [0, 0.05) is 10.0 Å². The average Bonchev–Trinajstić information content (AvgIpc) is 2.90. The Morgan fingerprint density at radius 2 is 2.00 bits per heavy atom. The van der Waals surface area contributed by atoms with Gasteiger partial charge in [-0.15, -0.1) is 0 Å². The molecule has 0 saturated heterocycles. The van der Waals surface area contributed by atoms with Crippen LogP contribution in [0, 0.1) is 0 Å². The molecule has 2 aromatic carbocycles. The SMILES string of the molecule is CCOc1cccc(C=C2N=C(c3ccc(Br)cc3)OC2=O)c1. The van der Waals surface area contributed by atoms with Gasteiger partial charge < -0.3 is 9.47 Å². The van der Waals surface area contributed by atoms with E-state index in [2.05, 4.69) is 20.9 Å². The van der Waals surface area contributed by atoms with E-state index < -0.39 is 5.97 Å². The molecule has 0 atom stereocenters. The highest BCUT2D eigenvalue weighted by Gasteiger charge is 2.24. The lowest BCUT2D eigenvalue weighted by Gasteiger charge is -2.03. The lowest BCUT2D eigenvalue weighted by Crippen LogP contribution is -2.05. The summed E-state index contributed by atoms with van der Waals surface area (Å²) in [6.45, 7) is 2.52. The summed E-state index contributed by atoms with van der Waals surface area (Å²) in [5.41, 5.74) is 1.87. The number of esters is 1. The number of cyclic esters (lactones) is 1. The highest BCUT2D eigenvalue weighted by atomic mass is 79.9. The Labute approximate surface area is 142 Å². The Kier molecular flexibility index (Phi) is 4.57. The largest absolute Gasteiger partial charge is 0.494 e. The molecule has 1 aliphatic rings. The van der Waals surface area contributed by atoms with Crippen molar-refractivity contribution in [3.63, 3.8) is 0 Å². The number of carbonyl (C=O) groups is 1. The van der Waals surface area contributed by atoms with E-state index >= 15 is 0 Å². The average molecular weight is 372 g/mol. The van der Waals surface area contributed by atoms with Gasteiger partial charge in [-0.25, -0.2) is 9.79 Å². The van der Waals surface area contributed by atoms with Crippen LogP contribution in [0.4, 0.5) is 0 Å². The second-order valence-electron chi connectivity index (χ2n) is 4.85. The van der Waals surface area contributed by atoms with Gasteiger partial charge in [-0.05, 0) is 55.0 Å². The zero-order valence-electron chi connectivity index (χ0n) is 12.5. The molecule has 4 nitrogen and oxygen atoms in total. The van der Waals surface area contributed by atoms with E-state index in [9.17, 15) is 4.79 Å². The maximum Gasteiger partial charge on any atom is 0.363 e. The van der Waals surface area contributed by atoms with Crippen molar-refractivity contribution >= 4 is 33.9 Å². The fourth-order valence-electron chi connectivity index (χ4n) is 2.14. The van der Waals surface area contributed by atoms with Crippen LogP contribution in [-0.4, -0.2) is 18.5 Å². The molecule has 1 aliphatic heterocycles. The Morgan fingerprint density at radius 3 is 2.74 bits per heavy atom. The standard InChI is InChI=1S/C18H14BrNO3/c1-2-22-15-5-3-4-12(10-15)11-16-18(21)23-17(20-16)13-6-8-14(19)9-7-13/h3-11H,2H2,1H3. The summed E-state index contributed by atoms with van der Waals surface area (Å²) in [7, 11) is 0. The molecule has 5 heteroatoms. The summed E-state index contributed by atoms with van der Waals surface area (Å²) in [6, 6.07) is 14.9. The minimum Gasteiger partial charge on any atom is -0.494 e. The van der Waals surface area contributed by atoms with Gasteiger partial charge in [0.25, 0.3) is 0 Å². The highest BCUT2D eigenvalue weighted by Crippen LogP contribution is 2.22. The van der Waals surface area contributed by atoms with Gasteiger partial charge in [0.05, 0.1) is 6.61 Å².